The van der Waals surface area contributed by atoms with Gasteiger partial charge in [-0.3, -0.25) is 0 Å². The molecule has 132 valence electrons. The fourth-order valence-electron chi connectivity index (χ4n) is 2.85. The van der Waals surface area contributed by atoms with Gasteiger partial charge in [0.25, 0.3) is 0 Å². The van der Waals surface area contributed by atoms with Gasteiger partial charge in [0.2, 0.25) is 10.0 Å². The van der Waals surface area contributed by atoms with Crippen molar-refractivity contribution in [2.45, 2.75) is 4.90 Å². The van der Waals surface area contributed by atoms with Gasteiger partial charge < -0.3 is 9.64 Å². The molecule has 1 heterocycles. The summed E-state index contributed by atoms with van der Waals surface area (Å²) in [5, 5.41) is 0. The number of hydrogen-bond acceptors (Lipinski definition) is 5. The van der Waals surface area contributed by atoms with E-state index >= 15 is 0 Å². The lowest BCUT2D eigenvalue weighted by Crippen LogP contribution is -2.48. The minimum atomic E-state index is -3.44. The molecule has 2 aromatic rings. The van der Waals surface area contributed by atoms with Gasteiger partial charge in [0.15, 0.2) is 0 Å². The predicted molar refractivity (Wildman–Crippen MR) is 95.2 cm³/mol. The molecule has 3 rings (SSSR count). The van der Waals surface area contributed by atoms with E-state index < -0.39 is 10.0 Å². The third-order valence-electron chi connectivity index (χ3n) is 4.27. The summed E-state index contributed by atoms with van der Waals surface area (Å²) in [4.78, 5) is 13.9. The van der Waals surface area contributed by atoms with Crippen LogP contribution in [0.1, 0.15) is 10.4 Å². The van der Waals surface area contributed by atoms with Gasteiger partial charge >= 0.3 is 5.97 Å². The van der Waals surface area contributed by atoms with Crippen molar-refractivity contribution in [2.24, 2.45) is 0 Å². The summed E-state index contributed by atoms with van der Waals surface area (Å²) in [7, 11) is -2.09. The topological polar surface area (TPSA) is 66.9 Å². The standard InChI is InChI=1S/C18H20N2O4S/c1-24-18(21)15-7-9-16(10-8-15)19-11-13-20(14-12-19)25(22,23)17-5-3-2-4-6-17/h2-10H,11-14H2,1H3. The van der Waals surface area contributed by atoms with Gasteiger partial charge in [0.05, 0.1) is 17.6 Å². The van der Waals surface area contributed by atoms with Gasteiger partial charge in [-0.2, -0.15) is 4.31 Å². The van der Waals surface area contributed by atoms with E-state index in [0.29, 0.717) is 36.6 Å². The Morgan fingerprint density at radius 3 is 2.08 bits per heavy atom. The van der Waals surface area contributed by atoms with Crippen LogP contribution in [0.25, 0.3) is 0 Å². The minimum Gasteiger partial charge on any atom is -0.465 e. The fourth-order valence-corrected chi connectivity index (χ4v) is 4.30. The largest absolute Gasteiger partial charge is 0.465 e. The third kappa shape index (κ3) is 3.67. The Kier molecular flexibility index (Phi) is 5.06. The van der Waals surface area contributed by atoms with E-state index in [9.17, 15) is 13.2 Å². The highest BCUT2D eigenvalue weighted by Crippen LogP contribution is 2.21. The number of carbonyl (C=O) groups is 1. The molecule has 0 saturated carbocycles. The van der Waals surface area contributed by atoms with Crippen LogP contribution in [0.5, 0.6) is 0 Å². The zero-order chi connectivity index (χ0) is 17.9. The number of methoxy groups -OCH3 is 1. The number of piperazine rings is 1. The fraction of sp³-hybridized carbons (Fsp3) is 0.278. The summed E-state index contributed by atoms with van der Waals surface area (Å²) in [6, 6.07) is 15.6. The monoisotopic (exact) mass is 360 g/mol. The first-order valence-corrected chi connectivity index (χ1v) is 9.45. The Labute approximate surface area is 147 Å². The summed E-state index contributed by atoms with van der Waals surface area (Å²) in [6.07, 6.45) is 0. The first-order chi connectivity index (χ1) is 12.0. The predicted octanol–water partition coefficient (Wildman–Crippen LogP) is 1.98. The molecule has 6 nitrogen and oxygen atoms in total. The third-order valence-corrected chi connectivity index (χ3v) is 6.19. The second kappa shape index (κ2) is 7.25. The van der Waals surface area contributed by atoms with Crippen molar-refractivity contribution >= 4 is 21.7 Å². The smallest absolute Gasteiger partial charge is 0.337 e. The average molecular weight is 360 g/mol. The Morgan fingerprint density at radius 2 is 1.52 bits per heavy atom. The van der Waals surface area contributed by atoms with E-state index in [0.717, 1.165) is 5.69 Å². The number of rotatable bonds is 4. The van der Waals surface area contributed by atoms with Crippen LogP contribution >= 0.6 is 0 Å². The van der Waals surface area contributed by atoms with Crippen LogP contribution in [0.2, 0.25) is 0 Å². The van der Waals surface area contributed by atoms with Crippen LogP contribution in [0.15, 0.2) is 59.5 Å². The van der Waals surface area contributed by atoms with Crippen molar-refractivity contribution in [3.63, 3.8) is 0 Å². The van der Waals surface area contributed by atoms with Crippen LogP contribution in [0.3, 0.4) is 0 Å². The zero-order valence-electron chi connectivity index (χ0n) is 14.0. The molecule has 0 N–H and O–H groups in total. The highest BCUT2D eigenvalue weighted by Gasteiger charge is 2.28. The number of hydrogen-bond donors (Lipinski definition) is 0. The van der Waals surface area contributed by atoms with Crippen LogP contribution in [-0.4, -0.2) is 52.0 Å². The average Bonchev–Trinajstić information content (AvgIpc) is 2.68. The molecule has 1 saturated heterocycles. The summed E-state index contributed by atoms with van der Waals surface area (Å²) in [5.41, 5.74) is 1.46. The SMILES string of the molecule is COC(=O)c1ccc(N2CCN(S(=O)(=O)c3ccccc3)CC2)cc1. The molecule has 7 heteroatoms. The summed E-state index contributed by atoms with van der Waals surface area (Å²) >= 11 is 0. The highest BCUT2D eigenvalue weighted by molar-refractivity contribution is 7.89. The number of benzene rings is 2. The highest BCUT2D eigenvalue weighted by atomic mass is 32.2. The summed E-state index contributed by atoms with van der Waals surface area (Å²) in [5.74, 6) is -0.370. The van der Waals surface area contributed by atoms with Crippen molar-refractivity contribution in [3.8, 4) is 0 Å². The molecule has 0 unspecified atom stereocenters. The number of esters is 1. The van der Waals surface area contributed by atoms with Crippen molar-refractivity contribution in [2.75, 3.05) is 38.2 Å². The maximum absolute atomic E-state index is 12.6. The van der Waals surface area contributed by atoms with E-state index in [1.54, 1.807) is 42.5 Å². The molecule has 2 aromatic carbocycles. The Morgan fingerprint density at radius 1 is 0.920 bits per heavy atom. The van der Waals surface area contributed by atoms with Gasteiger partial charge in [-0.15, -0.1) is 0 Å². The lowest BCUT2D eigenvalue weighted by Gasteiger charge is -2.35. The molecule has 1 aliphatic rings. The van der Waals surface area contributed by atoms with Crippen molar-refractivity contribution < 1.29 is 17.9 Å². The minimum absolute atomic E-state index is 0.325. The lowest BCUT2D eigenvalue weighted by atomic mass is 10.2. The lowest BCUT2D eigenvalue weighted by molar-refractivity contribution is 0.0600. The second-order valence-electron chi connectivity index (χ2n) is 5.74. The molecule has 0 amide bonds. The van der Waals surface area contributed by atoms with Crippen molar-refractivity contribution in [1.29, 1.82) is 0 Å². The van der Waals surface area contributed by atoms with Gasteiger partial charge in [-0.1, -0.05) is 18.2 Å². The molecule has 25 heavy (non-hydrogen) atoms. The van der Waals surface area contributed by atoms with E-state index in [-0.39, 0.29) is 5.97 Å². The normalized spacial score (nSPS) is 15.8. The van der Waals surface area contributed by atoms with Crippen LogP contribution in [-0.2, 0) is 14.8 Å². The van der Waals surface area contributed by atoms with E-state index in [1.807, 2.05) is 12.1 Å². The Hall–Kier alpha value is -2.38. The number of sulfonamides is 1. The van der Waals surface area contributed by atoms with Crippen LogP contribution < -0.4 is 4.90 Å². The molecule has 0 aromatic heterocycles. The van der Waals surface area contributed by atoms with Gasteiger partial charge in [0, 0.05) is 31.9 Å². The van der Waals surface area contributed by atoms with Gasteiger partial charge in [-0.25, -0.2) is 13.2 Å². The molecule has 0 aliphatic carbocycles. The molecule has 0 atom stereocenters. The zero-order valence-corrected chi connectivity index (χ0v) is 14.8. The molecule has 1 aliphatic heterocycles. The molecular weight excluding hydrogens is 340 g/mol. The first-order valence-electron chi connectivity index (χ1n) is 8.01. The van der Waals surface area contributed by atoms with Gasteiger partial charge in [-0.05, 0) is 36.4 Å². The van der Waals surface area contributed by atoms with Crippen LogP contribution in [0, 0.1) is 0 Å². The Balaban J connectivity index is 1.67. The summed E-state index contributed by atoms with van der Waals surface area (Å²) < 4.78 is 31.5. The van der Waals surface area contributed by atoms with E-state index in [1.165, 1.54) is 11.4 Å². The number of anilines is 1. The molecule has 0 spiro atoms. The number of carbonyl (C=O) groups excluding carboxylic acids is 1. The second-order valence-corrected chi connectivity index (χ2v) is 7.68. The molecule has 1 fully saturated rings. The first kappa shape index (κ1) is 17.4. The van der Waals surface area contributed by atoms with Crippen LogP contribution in [0.4, 0.5) is 5.69 Å². The van der Waals surface area contributed by atoms with E-state index in [2.05, 4.69) is 9.64 Å². The molecule has 0 radical (unpaired) electrons. The number of ether oxygens (including phenoxy) is 1. The maximum atomic E-state index is 12.6. The molecule has 0 bridgehead atoms. The van der Waals surface area contributed by atoms with Crippen molar-refractivity contribution in [3.05, 3.63) is 60.2 Å². The molecular formula is C18H20N2O4S. The maximum Gasteiger partial charge on any atom is 0.337 e. The number of nitrogens with zero attached hydrogens (tertiary/aromatic N) is 2. The van der Waals surface area contributed by atoms with Crippen molar-refractivity contribution in [1.82, 2.24) is 4.31 Å². The van der Waals surface area contributed by atoms with Gasteiger partial charge in [0.1, 0.15) is 0 Å². The van der Waals surface area contributed by atoms with E-state index in [4.69, 9.17) is 0 Å². The quantitative estimate of drug-likeness (QED) is 0.780. The summed E-state index contributed by atoms with van der Waals surface area (Å²) in [6.45, 7) is 2.05. The Bertz CT molecular complexity index is 827.